The Kier molecular flexibility index (Phi) is 8.45. The Bertz CT molecular complexity index is 1430. The summed E-state index contributed by atoms with van der Waals surface area (Å²) >= 11 is 0. The summed E-state index contributed by atoms with van der Waals surface area (Å²) in [5.74, 6) is -1.27. The average Bonchev–Trinajstić information content (AvgIpc) is 3.14. The van der Waals surface area contributed by atoms with Crippen LogP contribution in [0.25, 0.3) is 0 Å². The summed E-state index contributed by atoms with van der Waals surface area (Å²) in [6.07, 6.45) is 5.19. The van der Waals surface area contributed by atoms with E-state index in [2.05, 4.69) is 21.3 Å². The number of rotatable bonds is 11. The highest BCUT2D eigenvalue weighted by Crippen LogP contribution is 2.24. The van der Waals surface area contributed by atoms with Gasteiger partial charge in [0, 0.05) is 46.3 Å². The van der Waals surface area contributed by atoms with E-state index in [9.17, 15) is 19.2 Å². The van der Waals surface area contributed by atoms with Crippen LogP contribution in [0.4, 0.5) is 17.1 Å². The van der Waals surface area contributed by atoms with Crippen LogP contribution >= 0.6 is 0 Å². The molecule has 0 aliphatic carbocycles. The maximum absolute atomic E-state index is 13.0. The lowest BCUT2D eigenvalue weighted by Crippen LogP contribution is -2.28. The smallest absolute Gasteiger partial charge is 0.272 e. The minimum absolute atomic E-state index is 0.109. The van der Waals surface area contributed by atoms with Crippen molar-refractivity contribution in [3.8, 4) is 0 Å². The zero-order valence-electron chi connectivity index (χ0n) is 23.6. The third-order valence-electron chi connectivity index (χ3n) is 6.53. The van der Waals surface area contributed by atoms with Crippen LogP contribution in [0.1, 0.15) is 44.8 Å². The molecule has 3 aromatic heterocycles. The van der Waals surface area contributed by atoms with E-state index < -0.39 is 17.9 Å². The van der Waals surface area contributed by atoms with E-state index in [1.807, 2.05) is 25.9 Å². The predicted octanol–water partition coefficient (Wildman–Crippen LogP) is 1.61. The fourth-order valence-electron chi connectivity index (χ4n) is 4.33. The molecule has 1 aliphatic rings. The quantitative estimate of drug-likeness (QED) is 0.210. The van der Waals surface area contributed by atoms with Gasteiger partial charge in [-0.2, -0.15) is 0 Å². The second-order valence-corrected chi connectivity index (χ2v) is 10.2. The fourth-order valence-corrected chi connectivity index (χ4v) is 4.33. The lowest BCUT2D eigenvalue weighted by Gasteiger charge is -2.10. The number of carbonyl (C=O) groups is 4. The van der Waals surface area contributed by atoms with Crippen LogP contribution < -0.4 is 21.3 Å². The Hall–Kier alpha value is -4.36. The first kappa shape index (κ1) is 28.6. The molecule has 4 rings (SSSR count). The Morgan fingerprint density at radius 2 is 1.20 bits per heavy atom. The van der Waals surface area contributed by atoms with Gasteiger partial charge in [0.1, 0.15) is 17.1 Å². The molecule has 2 atom stereocenters. The molecule has 4 amide bonds. The van der Waals surface area contributed by atoms with Gasteiger partial charge in [-0.3, -0.25) is 19.2 Å². The van der Waals surface area contributed by atoms with Crippen LogP contribution in [-0.2, 0) is 30.7 Å². The molecule has 0 bridgehead atoms. The minimum atomic E-state index is -0.468. The molecule has 40 heavy (non-hydrogen) atoms. The summed E-state index contributed by atoms with van der Waals surface area (Å²) in [4.78, 5) is 52.6. The number of nitrogens with one attached hydrogen (secondary N) is 4. The number of nitrogens with zero attached hydrogens (tertiary/aromatic N) is 4. The van der Waals surface area contributed by atoms with Crippen molar-refractivity contribution in [3.63, 3.8) is 0 Å². The van der Waals surface area contributed by atoms with Gasteiger partial charge >= 0.3 is 0 Å². The normalized spacial score (nSPS) is 16.1. The number of amides is 4. The van der Waals surface area contributed by atoms with Crippen LogP contribution in [0.2, 0.25) is 0 Å². The zero-order valence-corrected chi connectivity index (χ0v) is 23.6. The van der Waals surface area contributed by atoms with E-state index in [0.29, 0.717) is 40.7 Å². The third-order valence-corrected chi connectivity index (χ3v) is 6.53. The van der Waals surface area contributed by atoms with Crippen molar-refractivity contribution in [1.29, 1.82) is 0 Å². The maximum atomic E-state index is 13.0. The van der Waals surface area contributed by atoms with Gasteiger partial charge in [0.05, 0.1) is 23.2 Å². The largest absolute Gasteiger partial charge is 0.359 e. The zero-order chi connectivity index (χ0) is 29.1. The monoisotopic (exact) mass is 552 g/mol. The van der Waals surface area contributed by atoms with Gasteiger partial charge in [0.2, 0.25) is 0 Å². The van der Waals surface area contributed by atoms with Gasteiger partial charge in [-0.05, 0) is 52.2 Å². The van der Waals surface area contributed by atoms with E-state index in [1.165, 1.54) is 0 Å². The van der Waals surface area contributed by atoms with Crippen molar-refractivity contribution in [2.45, 2.75) is 25.6 Å². The SMILES string of the molecule is CC1OC1C(=O)Nc1cc(C(=O)Nc2cc(C(=O)Nc3cc(C(=O)NCCCN(C)C)n(C)c3)n(C)c2)n(C)c1. The Balaban J connectivity index is 1.35. The summed E-state index contributed by atoms with van der Waals surface area (Å²) < 4.78 is 10.0. The number of hydrogen-bond donors (Lipinski definition) is 4. The van der Waals surface area contributed by atoms with Crippen molar-refractivity contribution in [1.82, 2.24) is 23.9 Å². The van der Waals surface area contributed by atoms with Gasteiger partial charge in [-0.1, -0.05) is 0 Å². The summed E-state index contributed by atoms with van der Waals surface area (Å²) in [5, 5.41) is 11.2. The number of aromatic nitrogens is 3. The van der Waals surface area contributed by atoms with E-state index in [4.69, 9.17) is 4.74 Å². The molecule has 0 aromatic carbocycles. The van der Waals surface area contributed by atoms with Crippen LogP contribution in [0.5, 0.6) is 0 Å². The number of aryl methyl sites for hydroxylation is 3. The predicted molar refractivity (Wildman–Crippen MR) is 151 cm³/mol. The summed E-state index contributed by atoms with van der Waals surface area (Å²) in [6.45, 7) is 3.23. The van der Waals surface area contributed by atoms with E-state index in [1.54, 1.807) is 71.6 Å². The fraction of sp³-hybridized carbons (Fsp3) is 0.407. The van der Waals surface area contributed by atoms with E-state index >= 15 is 0 Å². The molecule has 4 heterocycles. The van der Waals surface area contributed by atoms with Gasteiger partial charge < -0.3 is 44.6 Å². The maximum Gasteiger partial charge on any atom is 0.272 e. The second-order valence-electron chi connectivity index (χ2n) is 10.2. The van der Waals surface area contributed by atoms with Crippen LogP contribution in [0.15, 0.2) is 36.8 Å². The molecular weight excluding hydrogens is 516 g/mol. The highest BCUT2D eigenvalue weighted by atomic mass is 16.6. The molecule has 0 saturated carbocycles. The van der Waals surface area contributed by atoms with Crippen molar-refractivity contribution in [3.05, 3.63) is 53.9 Å². The van der Waals surface area contributed by atoms with Gasteiger partial charge in [0.25, 0.3) is 23.6 Å². The average molecular weight is 553 g/mol. The third kappa shape index (κ3) is 6.79. The highest BCUT2D eigenvalue weighted by molar-refractivity contribution is 6.08. The molecular formula is C27H36N8O5. The molecule has 0 radical (unpaired) electrons. The topological polar surface area (TPSA) is 147 Å². The van der Waals surface area contributed by atoms with Crippen LogP contribution in [-0.4, -0.2) is 81.6 Å². The lowest BCUT2D eigenvalue weighted by molar-refractivity contribution is -0.117. The van der Waals surface area contributed by atoms with E-state index in [0.717, 1.165) is 13.0 Å². The molecule has 2 unspecified atom stereocenters. The van der Waals surface area contributed by atoms with Crippen LogP contribution in [0.3, 0.4) is 0 Å². The van der Waals surface area contributed by atoms with Crippen molar-refractivity contribution in [2.75, 3.05) is 43.1 Å². The number of carbonyl (C=O) groups excluding carboxylic acids is 4. The minimum Gasteiger partial charge on any atom is -0.359 e. The molecule has 0 spiro atoms. The number of anilines is 3. The molecule has 4 N–H and O–H groups in total. The number of ether oxygens (including phenoxy) is 1. The first-order chi connectivity index (χ1) is 18.9. The number of hydrogen-bond acceptors (Lipinski definition) is 6. The van der Waals surface area contributed by atoms with Gasteiger partial charge in [0.15, 0.2) is 6.10 Å². The van der Waals surface area contributed by atoms with Crippen molar-refractivity contribution < 1.29 is 23.9 Å². The lowest BCUT2D eigenvalue weighted by atomic mass is 10.3. The molecule has 1 aliphatic heterocycles. The molecule has 1 fully saturated rings. The highest BCUT2D eigenvalue weighted by Gasteiger charge is 2.41. The molecule has 13 nitrogen and oxygen atoms in total. The summed E-state index contributed by atoms with van der Waals surface area (Å²) in [7, 11) is 9.08. The van der Waals surface area contributed by atoms with Gasteiger partial charge in [-0.15, -0.1) is 0 Å². The Labute approximate surface area is 232 Å². The van der Waals surface area contributed by atoms with Crippen molar-refractivity contribution >= 4 is 40.7 Å². The summed E-state index contributed by atoms with van der Waals surface area (Å²) in [5.41, 5.74) is 2.45. The molecule has 3 aromatic rings. The second kappa shape index (κ2) is 11.8. The molecule has 1 saturated heterocycles. The first-order valence-electron chi connectivity index (χ1n) is 12.9. The molecule has 13 heteroatoms. The Morgan fingerprint density at radius 3 is 1.62 bits per heavy atom. The van der Waals surface area contributed by atoms with Gasteiger partial charge in [-0.25, -0.2) is 0 Å². The van der Waals surface area contributed by atoms with Crippen molar-refractivity contribution in [2.24, 2.45) is 21.1 Å². The summed E-state index contributed by atoms with van der Waals surface area (Å²) in [6, 6.07) is 4.75. The number of epoxide rings is 1. The Morgan fingerprint density at radius 1 is 0.775 bits per heavy atom. The molecule has 214 valence electrons. The standard InChI is InChI=1S/C27H36N8O5/c1-16-23(40-16)27(39)31-19-12-22(35(6)15-19)26(38)30-18-11-21(34(5)14-18)25(37)29-17-10-20(33(4)13-17)24(36)28-8-7-9-32(2)3/h10-16,23H,7-9H2,1-6H3,(H,28,36)(H,29,37)(H,30,38)(H,31,39). The van der Waals surface area contributed by atoms with Crippen LogP contribution in [0, 0.1) is 0 Å². The first-order valence-corrected chi connectivity index (χ1v) is 12.9. The van der Waals surface area contributed by atoms with E-state index in [-0.39, 0.29) is 17.9 Å².